The first-order chi connectivity index (χ1) is 11.3. The van der Waals surface area contributed by atoms with Crippen molar-refractivity contribution >= 4 is 16.7 Å². The van der Waals surface area contributed by atoms with Crippen LogP contribution in [0.5, 0.6) is 0 Å². The summed E-state index contributed by atoms with van der Waals surface area (Å²) in [4.78, 5) is 33.9. The molecule has 0 aromatic carbocycles. The molecule has 0 amide bonds. The van der Waals surface area contributed by atoms with Crippen LogP contribution in [-0.2, 0) is 14.1 Å². The Labute approximate surface area is 141 Å². The van der Waals surface area contributed by atoms with E-state index in [0.29, 0.717) is 17.1 Å². The minimum atomic E-state index is -0.350. The molecular weight excluding hydrogens is 306 g/mol. The van der Waals surface area contributed by atoms with Gasteiger partial charge in [-0.15, -0.1) is 0 Å². The second-order valence-corrected chi connectivity index (χ2v) is 6.84. The van der Waals surface area contributed by atoms with E-state index in [2.05, 4.69) is 21.8 Å². The monoisotopic (exact) mass is 331 g/mol. The first-order valence-corrected chi connectivity index (χ1v) is 8.29. The van der Waals surface area contributed by atoms with Gasteiger partial charge in [0, 0.05) is 33.4 Å². The SMILES string of the molecule is Cc1cnc2c(c1N(C)C1CCN(C)CC1)c(=O)n(C)c(=O)n2C. The van der Waals surface area contributed by atoms with E-state index in [4.69, 9.17) is 0 Å². The van der Waals surface area contributed by atoms with Gasteiger partial charge in [-0.05, 0) is 45.5 Å². The van der Waals surface area contributed by atoms with Gasteiger partial charge in [0.25, 0.3) is 5.56 Å². The number of piperidine rings is 1. The third-order valence-electron chi connectivity index (χ3n) is 5.21. The molecule has 1 aliphatic heterocycles. The fourth-order valence-electron chi connectivity index (χ4n) is 3.63. The lowest BCUT2D eigenvalue weighted by molar-refractivity contribution is 0.253. The van der Waals surface area contributed by atoms with Gasteiger partial charge in [0.2, 0.25) is 0 Å². The zero-order chi connectivity index (χ0) is 17.6. The number of likely N-dealkylation sites (tertiary alicyclic amines) is 1. The third kappa shape index (κ3) is 2.53. The molecule has 3 heterocycles. The summed E-state index contributed by atoms with van der Waals surface area (Å²) < 4.78 is 2.61. The molecule has 0 unspecified atom stereocenters. The first kappa shape index (κ1) is 16.7. The minimum Gasteiger partial charge on any atom is -0.370 e. The van der Waals surface area contributed by atoms with Gasteiger partial charge in [-0.2, -0.15) is 0 Å². The predicted octanol–water partition coefficient (Wildman–Crippen LogP) is 0.471. The zero-order valence-corrected chi connectivity index (χ0v) is 15.0. The number of pyridine rings is 1. The molecule has 0 saturated carbocycles. The largest absolute Gasteiger partial charge is 0.370 e. The lowest BCUT2D eigenvalue weighted by atomic mass is 10.0. The average molecular weight is 331 g/mol. The molecule has 1 saturated heterocycles. The van der Waals surface area contributed by atoms with Crippen molar-refractivity contribution in [2.24, 2.45) is 14.1 Å². The van der Waals surface area contributed by atoms with Gasteiger partial charge in [-0.1, -0.05) is 0 Å². The molecule has 0 radical (unpaired) electrons. The standard InChI is InChI=1S/C17H25N5O2/c1-11-10-18-15-13(16(23)22(5)17(24)21(15)4)14(11)20(3)12-6-8-19(2)9-7-12/h10,12H,6-9H2,1-5H3. The van der Waals surface area contributed by atoms with Crippen LogP contribution in [-0.4, -0.2) is 52.2 Å². The van der Waals surface area contributed by atoms with Crippen LogP contribution in [0.25, 0.3) is 11.0 Å². The lowest BCUT2D eigenvalue weighted by Crippen LogP contribution is -2.43. The van der Waals surface area contributed by atoms with Gasteiger partial charge < -0.3 is 9.80 Å². The van der Waals surface area contributed by atoms with E-state index < -0.39 is 0 Å². The number of fused-ring (bicyclic) bond motifs is 1. The highest BCUT2D eigenvalue weighted by Gasteiger charge is 2.25. The van der Waals surface area contributed by atoms with Crippen LogP contribution in [0.2, 0.25) is 0 Å². The molecule has 2 aromatic rings. The number of aryl methyl sites for hydroxylation is 2. The molecule has 3 rings (SSSR count). The molecule has 7 heteroatoms. The Morgan fingerprint density at radius 2 is 1.75 bits per heavy atom. The van der Waals surface area contributed by atoms with Crippen LogP contribution >= 0.6 is 0 Å². The van der Waals surface area contributed by atoms with Crippen molar-refractivity contribution in [3.63, 3.8) is 0 Å². The molecule has 0 atom stereocenters. The number of nitrogens with zero attached hydrogens (tertiary/aromatic N) is 5. The Hall–Kier alpha value is -2.15. The van der Waals surface area contributed by atoms with E-state index in [9.17, 15) is 9.59 Å². The summed E-state index contributed by atoms with van der Waals surface area (Å²) in [6.07, 6.45) is 3.87. The molecule has 0 bridgehead atoms. The first-order valence-electron chi connectivity index (χ1n) is 8.29. The van der Waals surface area contributed by atoms with Crippen molar-refractivity contribution in [3.05, 3.63) is 32.6 Å². The van der Waals surface area contributed by atoms with Crippen molar-refractivity contribution in [3.8, 4) is 0 Å². The quantitative estimate of drug-likeness (QED) is 0.800. The summed E-state index contributed by atoms with van der Waals surface area (Å²) in [5.74, 6) is 0. The van der Waals surface area contributed by atoms with Crippen LogP contribution in [0.15, 0.2) is 15.8 Å². The molecule has 130 valence electrons. The van der Waals surface area contributed by atoms with Crippen molar-refractivity contribution in [2.75, 3.05) is 32.1 Å². The maximum atomic E-state index is 12.8. The lowest BCUT2D eigenvalue weighted by Gasteiger charge is -2.37. The summed E-state index contributed by atoms with van der Waals surface area (Å²) >= 11 is 0. The van der Waals surface area contributed by atoms with Gasteiger partial charge in [0.1, 0.15) is 5.39 Å². The normalized spacial score (nSPS) is 16.7. The minimum absolute atomic E-state index is 0.279. The summed E-state index contributed by atoms with van der Waals surface area (Å²) in [5.41, 5.74) is 1.67. The molecule has 1 aliphatic rings. The molecule has 1 fully saturated rings. The van der Waals surface area contributed by atoms with Crippen molar-refractivity contribution in [2.45, 2.75) is 25.8 Å². The van der Waals surface area contributed by atoms with Gasteiger partial charge >= 0.3 is 5.69 Å². The molecule has 24 heavy (non-hydrogen) atoms. The molecule has 0 aliphatic carbocycles. The molecule has 2 aromatic heterocycles. The number of anilines is 1. The molecule has 0 spiro atoms. The summed E-state index contributed by atoms with van der Waals surface area (Å²) in [7, 11) is 7.36. The number of hydrogen-bond acceptors (Lipinski definition) is 5. The van der Waals surface area contributed by atoms with E-state index in [-0.39, 0.29) is 11.2 Å². The van der Waals surface area contributed by atoms with Gasteiger partial charge in [0.15, 0.2) is 5.65 Å². The Balaban J connectivity index is 2.22. The van der Waals surface area contributed by atoms with E-state index in [1.807, 2.05) is 14.0 Å². The van der Waals surface area contributed by atoms with Gasteiger partial charge in [-0.3, -0.25) is 13.9 Å². The third-order valence-corrected chi connectivity index (χ3v) is 5.21. The number of rotatable bonds is 2. The van der Waals surface area contributed by atoms with E-state index in [1.165, 1.54) is 11.6 Å². The molecule has 0 N–H and O–H groups in total. The van der Waals surface area contributed by atoms with Crippen LogP contribution in [0.3, 0.4) is 0 Å². The van der Waals surface area contributed by atoms with Crippen LogP contribution in [0.4, 0.5) is 5.69 Å². The zero-order valence-electron chi connectivity index (χ0n) is 15.0. The van der Waals surface area contributed by atoms with Crippen LogP contribution in [0.1, 0.15) is 18.4 Å². The fourth-order valence-corrected chi connectivity index (χ4v) is 3.63. The second-order valence-electron chi connectivity index (χ2n) is 6.84. The number of hydrogen-bond donors (Lipinski definition) is 0. The van der Waals surface area contributed by atoms with Crippen LogP contribution < -0.4 is 16.1 Å². The van der Waals surface area contributed by atoms with Crippen molar-refractivity contribution in [1.82, 2.24) is 19.0 Å². The van der Waals surface area contributed by atoms with Crippen molar-refractivity contribution < 1.29 is 0 Å². The highest BCUT2D eigenvalue weighted by atomic mass is 16.2. The maximum Gasteiger partial charge on any atom is 0.332 e. The van der Waals surface area contributed by atoms with Crippen molar-refractivity contribution in [1.29, 1.82) is 0 Å². The summed E-state index contributed by atoms with van der Waals surface area (Å²) in [5, 5.41) is 0.529. The second kappa shape index (κ2) is 6.05. The number of aromatic nitrogens is 3. The highest BCUT2D eigenvalue weighted by molar-refractivity contribution is 5.90. The summed E-state index contributed by atoms with van der Waals surface area (Å²) in [6.45, 7) is 4.07. The Morgan fingerprint density at radius 3 is 2.38 bits per heavy atom. The maximum absolute atomic E-state index is 12.8. The summed E-state index contributed by atoms with van der Waals surface area (Å²) in [6, 6.07) is 0.382. The topological polar surface area (TPSA) is 63.4 Å². The van der Waals surface area contributed by atoms with E-state index >= 15 is 0 Å². The average Bonchev–Trinajstić information content (AvgIpc) is 2.57. The van der Waals surface area contributed by atoms with E-state index in [1.54, 1.807) is 13.2 Å². The van der Waals surface area contributed by atoms with Gasteiger partial charge in [-0.25, -0.2) is 9.78 Å². The van der Waals surface area contributed by atoms with E-state index in [0.717, 1.165) is 41.7 Å². The molecule has 7 nitrogen and oxygen atoms in total. The highest BCUT2D eigenvalue weighted by Crippen LogP contribution is 2.29. The Kier molecular flexibility index (Phi) is 4.21. The fraction of sp³-hybridized carbons (Fsp3) is 0.588. The predicted molar refractivity (Wildman–Crippen MR) is 95.9 cm³/mol. The van der Waals surface area contributed by atoms with Crippen LogP contribution in [0, 0.1) is 6.92 Å². The smallest absolute Gasteiger partial charge is 0.332 e. The Bertz CT molecular complexity index is 890. The Morgan fingerprint density at radius 1 is 1.12 bits per heavy atom. The molecular formula is C17H25N5O2. The van der Waals surface area contributed by atoms with Gasteiger partial charge in [0.05, 0.1) is 5.69 Å².